The van der Waals surface area contributed by atoms with E-state index in [9.17, 15) is 0 Å². The molecule has 2 rings (SSSR count). The highest BCUT2D eigenvalue weighted by Gasteiger charge is 2.20. The SMILES string of the molecule is C=C1CC2=C(C1)C(=C)CCCC2. The smallest absolute Gasteiger partial charge is 0.00644 e. The summed E-state index contributed by atoms with van der Waals surface area (Å²) in [7, 11) is 0. The zero-order valence-corrected chi connectivity index (χ0v) is 7.66. The van der Waals surface area contributed by atoms with E-state index in [4.69, 9.17) is 0 Å². The molecule has 0 saturated carbocycles. The molecule has 0 heterocycles. The van der Waals surface area contributed by atoms with Crippen molar-refractivity contribution in [1.29, 1.82) is 0 Å². The molecule has 0 aliphatic heterocycles. The van der Waals surface area contributed by atoms with Crippen LogP contribution >= 0.6 is 0 Å². The minimum absolute atomic E-state index is 1.12. The zero-order valence-electron chi connectivity index (χ0n) is 7.66. The van der Waals surface area contributed by atoms with E-state index >= 15 is 0 Å². The molecule has 12 heavy (non-hydrogen) atoms. The van der Waals surface area contributed by atoms with Crippen LogP contribution in [0.4, 0.5) is 0 Å². The lowest BCUT2D eigenvalue weighted by Gasteiger charge is -2.03. The monoisotopic (exact) mass is 160 g/mol. The van der Waals surface area contributed by atoms with Crippen LogP contribution in [0.15, 0.2) is 35.5 Å². The molecule has 2 aliphatic rings. The summed E-state index contributed by atoms with van der Waals surface area (Å²) in [5, 5.41) is 0. The number of rotatable bonds is 0. The lowest BCUT2D eigenvalue weighted by Crippen LogP contribution is -1.84. The van der Waals surface area contributed by atoms with Crippen LogP contribution in [0.2, 0.25) is 0 Å². The summed E-state index contributed by atoms with van der Waals surface area (Å²) in [5.74, 6) is 0. The van der Waals surface area contributed by atoms with Crippen LogP contribution in [0.5, 0.6) is 0 Å². The summed E-state index contributed by atoms with van der Waals surface area (Å²) >= 11 is 0. The summed E-state index contributed by atoms with van der Waals surface area (Å²) < 4.78 is 0. The first-order valence-corrected chi connectivity index (χ1v) is 4.83. The molecule has 0 nitrogen and oxygen atoms in total. The molecule has 0 aromatic rings. The molecule has 0 aromatic heterocycles. The Morgan fingerprint density at radius 2 is 1.67 bits per heavy atom. The fourth-order valence-electron chi connectivity index (χ4n) is 2.29. The van der Waals surface area contributed by atoms with Gasteiger partial charge in [0, 0.05) is 0 Å². The van der Waals surface area contributed by atoms with Crippen molar-refractivity contribution in [3.05, 3.63) is 35.5 Å². The van der Waals surface area contributed by atoms with E-state index in [0.717, 1.165) is 12.8 Å². The zero-order chi connectivity index (χ0) is 8.55. The Hall–Kier alpha value is -0.780. The van der Waals surface area contributed by atoms with E-state index in [1.807, 2.05) is 0 Å². The van der Waals surface area contributed by atoms with Crippen molar-refractivity contribution >= 4 is 0 Å². The molecule has 0 spiro atoms. The minimum Gasteiger partial charge on any atom is -0.0992 e. The summed E-state index contributed by atoms with van der Waals surface area (Å²) in [6.07, 6.45) is 7.48. The van der Waals surface area contributed by atoms with E-state index < -0.39 is 0 Å². The molecule has 0 saturated heterocycles. The predicted molar refractivity (Wildman–Crippen MR) is 53.0 cm³/mol. The van der Waals surface area contributed by atoms with Gasteiger partial charge < -0.3 is 0 Å². The second kappa shape index (κ2) is 2.93. The van der Waals surface area contributed by atoms with Gasteiger partial charge in [0.25, 0.3) is 0 Å². The van der Waals surface area contributed by atoms with Crippen LogP contribution in [-0.4, -0.2) is 0 Å². The first-order chi connectivity index (χ1) is 5.77. The lowest BCUT2D eigenvalue weighted by molar-refractivity contribution is 0.741. The molecule has 0 amide bonds. The van der Waals surface area contributed by atoms with Gasteiger partial charge in [-0.15, -0.1) is 0 Å². The summed E-state index contributed by atoms with van der Waals surface area (Å²) in [6.45, 7) is 8.21. The normalized spacial score (nSPS) is 24.3. The first-order valence-electron chi connectivity index (χ1n) is 4.83. The second-order valence-electron chi connectivity index (χ2n) is 4.00. The quantitative estimate of drug-likeness (QED) is 0.473. The lowest BCUT2D eigenvalue weighted by atomic mass is 10.0. The van der Waals surface area contributed by atoms with Gasteiger partial charge in [0.05, 0.1) is 0 Å². The van der Waals surface area contributed by atoms with Crippen molar-refractivity contribution in [1.82, 2.24) is 0 Å². The van der Waals surface area contributed by atoms with Crippen molar-refractivity contribution in [2.24, 2.45) is 0 Å². The van der Waals surface area contributed by atoms with Crippen LogP contribution in [0, 0.1) is 0 Å². The number of hydrogen-bond donors (Lipinski definition) is 0. The molecule has 0 fully saturated rings. The van der Waals surface area contributed by atoms with Crippen molar-refractivity contribution in [2.45, 2.75) is 38.5 Å². The van der Waals surface area contributed by atoms with E-state index in [1.54, 1.807) is 11.1 Å². The van der Waals surface area contributed by atoms with E-state index in [-0.39, 0.29) is 0 Å². The average molecular weight is 160 g/mol. The van der Waals surface area contributed by atoms with Crippen molar-refractivity contribution < 1.29 is 0 Å². The molecule has 0 bridgehead atoms. The van der Waals surface area contributed by atoms with Crippen molar-refractivity contribution in [3.63, 3.8) is 0 Å². The maximum Gasteiger partial charge on any atom is -0.00644 e. The first kappa shape index (κ1) is 7.85. The third-order valence-electron chi connectivity index (χ3n) is 2.95. The highest BCUT2D eigenvalue weighted by molar-refractivity contribution is 5.44. The Morgan fingerprint density at radius 1 is 0.917 bits per heavy atom. The van der Waals surface area contributed by atoms with Crippen LogP contribution in [0.25, 0.3) is 0 Å². The second-order valence-corrected chi connectivity index (χ2v) is 4.00. The highest BCUT2D eigenvalue weighted by Crippen LogP contribution is 2.40. The molecule has 64 valence electrons. The van der Waals surface area contributed by atoms with Gasteiger partial charge in [-0.2, -0.15) is 0 Å². The van der Waals surface area contributed by atoms with Gasteiger partial charge >= 0.3 is 0 Å². The minimum atomic E-state index is 1.12. The number of hydrogen-bond acceptors (Lipinski definition) is 0. The third-order valence-corrected chi connectivity index (χ3v) is 2.95. The van der Waals surface area contributed by atoms with Gasteiger partial charge in [0.2, 0.25) is 0 Å². The summed E-state index contributed by atoms with van der Waals surface area (Å²) in [4.78, 5) is 0. The van der Waals surface area contributed by atoms with Crippen LogP contribution in [-0.2, 0) is 0 Å². The van der Waals surface area contributed by atoms with Gasteiger partial charge in [-0.05, 0) is 44.1 Å². The highest BCUT2D eigenvalue weighted by atomic mass is 14.3. The van der Waals surface area contributed by atoms with Gasteiger partial charge in [0.1, 0.15) is 0 Å². The summed E-state index contributed by atoms with van der Waals surface area (Å²) in [6, 6.07) is 0. The molecule has 2 aliphatic carbocycles. The fraction of sp³-hybridized carbons (Fsp3) is 0.500. The average Bonchev–Trinajstić information content (AvgIpc) is 2.33. The van der Waals surface area contributed by atoms with Gasteiger partial charge in [-0.25, -0.2) is 0 Å². The van der Waals surface area contributed by atoms with Crippen molar-refractivity contribution in [2.75, 3.05) is 0 Å². The van der Waals surface area contributed by atoms with Gasteiger partial charge in [-0.3, -0.25) is 0 Å². The number of allylic oxidation sites excluding steroid dienone is 4. The topological polar surface area (TPSA) is 0 Å². The molecule has 0 aromatic carbocycles. The molecule has 0 radical (unpaired) electrons. The van der Waals surface area contributed by atoms with E-state index in [1.165, 1.54) is 36.8 Å². The Morgan fingerprint density at radius 3 is 2.50 bits per heavy atom. The van der Waals surface area contributed by atoms with Crippen LogP contribution < -0.4 is 0 Å². The fourth-order valence-corrected chi connectivity index (χ4v) is 2.29. The molecular formula is C12H16. The molecule has 0 unspecified atom stereocenters. The summed E-state index contributed by atoms with van der Waals surface area (Å²) in [5.41, 5.74) is 5.98. The maximum absolute atomic E-state index is 4.15. The largest absolute Gasteiger partial charge is 0.0992 e. The van der Waals surface area contributed by atoms with E-state index in [2.05, 4.69) is 13.2 Å². The van der Waals surface area contributed by atoms with Crippen LogP contribution in [0.1, 0.15) is 38.5 Å². The Balaban J connectivity index is 2.27. The van der Waals surface area contributed by atoms with Gasteiger partial charge in [0.15, 0.2) is 0 Å². The maximum atomic E-state index is 4.15. The van der Waals surface area contributed by atoms with E-state index in [0.29, 0.717) is 0 Å². The molecule has 0 atom stereocenters. The molecule has 0 N–H and O–H groups in total. The Bertz CT molecular complexity index is 266. The van der Waals surface area contributed by atoms with Gasteiger partial charge in [-0.1, -0.05) is 29.9 Å². The molecule has 0 heteroatoms. The molecular weight excluding hydrogens is 144 g/mol. The Kier molecular flexibility index (Phi) is 1.92. The van der Waals surface area contributed by atoms with Crippen molar-refractivity contribution in [3.8, 4) is 0 Å². The third kappa shape index (κ3) is 1.26. The van der Waals surface area contributed by atoms with Crippen LogP contribution in [0.3, 0.4) is 0 Å². The standard InChI is InChI=1S/C12H16/c1-9-7-11-6-4-3-5-10(2)12(11)8-9/h1-8H2. The Labute approximate surface area is 74.7 Å². The predicted octanol–water partition coefficient (Wildman–Crippen LogP) is 3.76.